The molecule has 4 aliphatic rings. The van der Waals surface area contributed by atoms with E-state index < -0.39 is 24.0 Å². The average molecular weight is 478 g/mol. The summed E-state index contributed by atoms with van der Waals surface area (Å²) in [6.07, 6.45) is 10.2. The van der Waals surface area contributed by atoms with Crippen LogP contribution >= 0.6 is 0 Å². The van der Waals surface area contributed by atoms with Crippen molar-refractivity contribution >= 4 is 0 Å². The molecule has 2 unspecified atom stereocenters. The van der Waals surface area contributed by atoms with Crippen LogP contribution in [0.4, 0.5) is 8.78 Å². The lowest BCUT2D eigenvalue weighted by Gasteiger charge is -2.45. The molecule has 1 saturated heterocycles. The Labute approximate surface area is 205 Å². The highest BCUT2D eigenvalue weighted by atomic mass is 19.3. The second kappa shape index (κ2) is 9.78. The van der Waals surface area contributed by atoms with Crippen molar-refractivity contribution in [3.8, 4) is 0 Å². The van der Waals surface area contributed by atoms with Gasteiger partial charge in [-0.1, -0.05) is 45.1 Å². The van der Waals surface area contributed by atoms with Crippen molar-refractivity contribution in [2.45, 2.75) is 90.8 Å². The molecule has 0 aromatic carbocycles. The molecule has 2 N–H and O–H groups in total. The molecule has 3 nitrogen and oxygen atoms in total. The Hall–Kier alpha value is -1.04. The molecule has 0 spiro atoms. The maximum Gasteiger partial charge on any atom is 0.249 e. The van der Waals surface area contributed by atoms with Gasteiger partial charge in [-0.05, 0) is 92.7 Å². The van der Waals surface area contributed by atoms with E-state index >= 15 is 0 Å². The number of allylic oxidation sites excluding steroid dienone is 3. The first kappa shape index (κ1) is 26.0. The monoisotopic (exact) mass is 477 g/mol. The van der Waals surface area contributed by atoms with E-state index in [-0.39, 0.29) is 11.3 Å². The van der Waals surface area contributed by atoms with Crippen LogP contribution < -0.4 is 0 Å². The van der Waals surface area contributed by atoms with Gasteiger partial charge in [0.15, 0.2) is 0 Å². The second-order valence-corrected chi connectivity index (χ2v) is 12.3. The minimum absolute atomic E-state index is 0.179. The number of rotatable bonds is 5. The molecule has 1 heterocycles. The fourth-order valence-corrected chi connectivity index (χ4v) is 7.80. The highest BCUT2D eigenvalue weighted by molar-refractivity contribution is 5.39. The quantitative estimate of drug-likeness (QED) is 0.511. The van der Waals surface area contributed by atoms with Crippen LogP contribution in [0, 0.1) is 35.0 Å². The molecule has 5 heteroatoms. The van der Waals surface area contributed by atoms with Crippen molar-refractivity contribution in [3.63, 3.8) is 0 Å². The van der Waals surface area contributed by atoms with E-state index in [1.54, 1.807) is 0 Å². The average Bonchev–Trinajstić information content (AvgIpc) is 3.38. The summed E-state index contributed by atoms with van der Waals surface area (Å²) in [6.45, 7) is 14.1. The Kier molecular flexibility index (Phi) is 7.49. The topological polar surface area (TPSA) is 43.7 Å². The molecule has 4 rings (SSSR count). The molecule has 0 amide bonds. The Morgan fingerprint density at radius 3 is 2.65 bits per heavy atom. The minimum atomic E-state index is -2.58. The molecule has 3 aliphatic carbocycles. The molecular formula is C29H45F2NO2. The van der Waals surface area contributed by atoms with Gasteiger partial charge in [0.25, 0.3) is 0 Å². The summed E-state index contributed by atoms with van der Waals surface area (Å²) in [4.78, 5) is 2.28. The maximum absolute atomic E-state index is 13.8. The molecule has 1 aliphatic heterocycles. The van der Waals surface area contributed by atoms with Gasteiger partial charge in [-0.2, -0.15) is 0 Å². The molecule has 192 valence electrons. The van der Waals surface area contributed by atoms with Gasteiger partial charge in [-0.25, -0.2) is 8.78 Å². The third-order valence-electron chi connectivity index (χ3n) is 10.1. The minimum Gasteiger partial charge on any atom is -0.392 e. The van der Waals surface area contributed by atoms with E-state index in [9.17, 15) is 19.0 Å². The zero-order valence-corrected chi connectivity index (χ0v) is 21.6. The zero-order chi connectivity index (χ0) is 24.8. The molecule has 3 saturated carbocycles. The number of hydrogen-bond donors (Lipinski definition) is 2. The van der Waals surface area contributed by atoms with Gasteiger partial charge >= 0.3 is 0 Å². The third-order valence-corrected chi connectivity index (χ3v) is 10.1. The molecule has 34 heavy (non-hydrogen) atoms. The van der Waals surface area contributed by atoms with Gasteiger partial charge in [0, 0.05) is 24.9 Å². The largest absolute Gasteiger partial charge is 0.392 e. The van der Waals surface area contributed by atoms with Crippen molar-refractivity contribution in [1.82, 2.24) is 4.90 Å². The van der Waals surface area contributed by atoms with Crippen molar-refractivity contribution in [3.05, 3.63) is 35.5 Å². The molecule has 0 aromatic heterocycles. The van der Waals surface area contributed by atoms with Crippen LogP contribution in [-0.4, -0.2) is 52.9 Å². The number of alkyl halides is 2. The molecule has 0 radical (unpaired) electrons. The van der Waals surface area contributed by atoms with Crippen molar-refractivity contribution in [1.29, 1.82) is 0 Å². The van der Waals surface area contributed by atoms with Gasteiger partial charge < -0.3 is 15.1 Å². The summed E-state index contributed by atoms with van der Waals surface area (Å²) < 4.78 is 27.6. The van der Waals surface area contributed by atoms with Crippen molar-refractivity contribution in [2.75, 3.05) is 19.6 Å². The number of likely N-dealkylation sites (tertiary alicyclic amines) is 1. The number of aliphatic hydroxyl groups is 2. The van der Waals surface area contributed by atoms with Gasteiger partial charge in [0.1, 0.15) is 0 Å². The van der Waals surface area contributed by atoms with Crippen LogP contribution in [0.2, 0.25) is 0 Å². The Morgan fingerprint density at radius 2 is 1.97 bits per heavy atom. The zero-order valence-electron chi connectivity index (χ0n) is 21.6. The lowest BCUT2D eigenvalue weighted by molar-refractivity contribution is -0.0360. The van der Waals surface area contributed by atoms with Gasteiger partial charge in [-0.15, -0.1) is 0 Å². The first-order valence-corrected chi connectivity index (χ1v) is 13.5. The number of halogens is 2. The lowest BCUT2D eigenvalue weighted by Crippen LogP contribution is -2.40. The van der Waals surface area contributed by atoms with Crippen molar-refractivity contribution < 1.29 is 19.0 Å². The third kappa shape index (κ3) is 4.95. The summed E-state index contributed by atoms with van der Waals surface area (Å²) in [5.74, 6) is -1.58. The van der Waals surface area contributed by atoms with Gasteiger partial charge in [-0.3, -0.25) is 0 Å². The predicted molar refractivity (Wildman–Crippen MR) is 134 cm³/mol. The van der Waals surface area contributed by atoms with Crippen LogP contribution in [0.3, 0.4) is 0 Å². The normalized spacial score (nSPS) is 43.0. The van der Waals surface area contributed by atoms with E-state index in [4.69, 9.17) is 0 Å². The van der Waals surface area contributed by atoms with E-state index in [0.717, 1.165) is 37.6 Å². The lowest BCUT2D eigenvalue weighted by atomic mass is 9.61. The Bertz CT molecular complexity index is 830. The number of aliphatic hydroxyl groups excluding tert-OH is 2. The number of hydrogen-bond acceptors (Lipinski definition) is 3. The van der Waals surface area contributed by atoms with E-state index in [0.29, 0.717) is 37.1 Å². The molecule has 0 bridgehead atoms. The molecular weight excluding hydrogens is 432 g/mol. The molecule has 8 atom stereocenters. The fourth-order valence-electron chi connectivity index (χ4n) is 7.80. The van der Waals surface area contributed by atoms with Gasteiger partial charge in [0.05, 0.1) is 12.2 Å². The number of nitrogens with zero attached hydrogens (tertiary/aromatic N) is 1. The summed E-state index contributed by atoms with van der Waals surface area (Å²) in [6, 6.07) is 0. The number of fused-ring (bicyclic) bond motifs is 1. The maximum atomic E-state index is 13.8. The first-order valence-electron chi connectivity index (χ1n) is 13.5. The molecule has 0 aromatic rings. The molecule has 4 fully saturated rings. The van der Waals surface area contributed by atoms with Crippen molar-refractivity contribution in [2.24, 2.45) is 35.0 Å². The standard InChI is InChI=1S/C29H45F2NO2/c1-18(16-32-14-12-23(17-32)29(5,30)31)24-10-11-25-21(7-6-13-28(24,25)4)8-9-22-15-26(33)20(3)27(34)19(22)2/h8-9,18,20,23-27,33-34H,2,6-7,10-17H2,1,3-5H3/t18?,20-,23?,24+,25-,26+,27+,28+/m0/s1. The summed E-state index contributed by atoms with van der Waals surface area (Å²) >= 11 is 0. The van der Waals surface area contributed by atoms with E-state index in [1.165, 1.54) is 31.3 Å². The predicted octanol–water partition coefficient (Wildman–Crippen LogP) is 5.99. The van der Waals surface area contributed by atoms with Crippen LogP contribution in [0.1, 0.15) is 72.6 Å². The summed E-state index contributed by atoms with van der Waals surface area (Å²) in [5, 5.41) is 20.8. The Morgan fingerprint density at radius 1 is 1.24 bits per heavy atom. The van der Waals surface area contributed by atoms with Crippen LogP contribution in [0.15, 0.2) is 35.5 Å². The Balaban J connectivity index is 1.44. The van der Waals surface area contributed by atoms with Crippen LogP contribution in [-0.2, 0) is 0 Å². The van der Waals surface area contributed by atoms with E-state index in [2.05, 4.69) is 37.5 Å². The van der Waals surface area contributed by atoms with Crippen LogP contribution in [0.25, 0.3) is 0 Å². The van der Waals surface area contributed by atoms with Crippen LogP contribution in [0.5, 0.6) is 0 Å². The highest BCUT2D eigenvalue weighted by Gasteiger charge is 2.51. The summed E-state index contributed by atoms with van der Waals surface area (Å²) in [7, 11) is 0. The fraction of sp³-hybridized carbons (Fsp3) is 0.793. The summed E-state index contributed by atoms with van der Waals surface area (Å²) in [5.41, 5.74) is 3.47. The smallest absolute Gasteiger partial charge is 0.249 e. The van der Waals surface area contributed by atoms with Gasteiger partial charge in [0.2, 0.25) is 5.92 Å². The highest BCUT2D eigenvalue weighted by Crippen LogP contribution is 2.59. The first-order chi connectivity index (χ1) is 15.9. The second-order valence-electron chi connectivity index (χ2n) is 12.3. The SMILES string of the molecule is C=C1C(=CC=C2CCC[C@]3(C)[C@@H](C(C)CN4CCC(C(C)(F)F)C4)CC[C@@H]23)C[C@@H](O)[C@H](C)[C@@H]1O. The van der Waals surface area contributed by atoms with E-state index in [1.807, 2.05) is 6.92 Å².